The van der Waals surface area contributed by atoms with Gasteiger partial charge in [-0.3, -0.25) is 9.52 Å². The molecule has 0 heterocycles. The highest BCUT2D eigenvalue weighted by Gasteiger charge is 2.20. The minimum atomic E-state index is -3.88. The maximum absolute atomic E-state index is 12.8. The van der Waals surface area contributed by atoms with Crippen molar-refractivity contribution in [1.29, 1.82) is 0 Å². The van der Waals surface area contributed by atoms with Crippen molar-refractivity contribution in [2.75, 3.05) is 17.1 Å². The molecule has 3 rings (SSSR count). The van der Waals surface area contributed by atoms with Crippen molar-refractivity contribution in [3.05, 3.63) is 83.4 Å². The molecule has 150 valence electrons. The maximum atomic E-state index is 12.8. The van der Waals surface area contributed by atoms with E-state index in [0.717, 1.165) is 11.1 Å². The molecular formula is C22H22N2O4S. The summed E-state index contributed by atoms with van der Waals surface area (Å²) in [6.07, 6.45) is 0. The molecule has 2 N–H and O–H groups in total. The second kappa shape index (κ2) is 8.36. The fourth-order valence-corrected chi connectivity index (χ4v) is 3.76. The highest BCUT2D eigenvalue weighted by Crippen LogP contribution is 2.26. The Kier molecular flexibility index (Phi) is 5.89. The van der Waals surface area contributed by atoms with Crippen LogP contribution in [0.1, 0.15) is 21.5 Å². The largest absolute Gasteiger partial charge is 0.497 e. The fraction of sp³-hybridized carbons (Fsp3) is 0.136. The van der Waals surface area contributed by atoms with E-state index in [1.165, 1.54) is 31.4 Å². The van der Waals surface area contributed by atoms with Crippen LogP contribution < -0.4 is 14.8 Å². The van der Waals surface area contributed by atoms with Crippen molar-refractivity contribution in [2.24, 2.45) is 0 Å². The number of hydrogen-bond donors (Lipinski definition) is 2. The molecule has 0 spiro atoms. The van der Waals surface area contributed by atoms with E-state index in [-0.39, 0.29) is 16.1 Å². The summed E-state index contributed by atoms with van der Waals surface area (Å²) in [6, 6.07) is 18.4. The third-order valence-corrected chi connectivity index (χ3v) is 5.74. The number of amides is 1. The van der Waals surface area contributed by atoms with Crippen LogP contribution in [0, 0.1) is 13.8 Å². The Morgan fingerprint density at radius 2 is 1.45 bits per heavy atom. The first-order chi connectivity index (χ1) is 13.8. The molecule has 0 saturated heterocycles. The van der Waals surface area contributed by atoms with Crippen LogP contribution in [0.15, 0.2) is 71.6 Å². The Labute approximate surface area is 170 Å². The highest BCUT2D eigenvalue weighted by atomic mass is 32.2. The van der Waals surface area contributed by atoms with Crippen molar-refractivity contribution >= 4 is 27.3 Å². The van der Waals surface area contributed by atoms with Crippen LogP contribution in [0.5, 0.6) is 5.75 Å². The van der Waals surface area contributed by atoms with E-state index in [1.54, 1.807) is 30.3 Å². The zero-order chi connectivity index (χ0) is 21.0. The van der Waals surface area contributed by atoms with Gasteiger partial charge in [0, 0.05) is 11.8 Å². The number of benzene rings is 3. The zero-order valence-electron chi connectivity index (χ0n) is 16.4. The zero-order valence-corrected chi connectivity index (χ0v) is 17.2. The highest BCUT2D eigenvalue weighted by molar-refractivity contribution is 7.92. The Hall–Kier alpha value is -3.32. The molecule has 0 bridgehead atoms. The number of aryl methyl sites for hydroxylation is 2. The fourth-order valence-electron chi connectivity index (χ4n) is 2.69. The first-order valence-electron chi connectivity index (χ1n) is 8.94. The molecule has 1 amide bonds. The van der Waals surface area contributed by atoms with Crippen molar-refractivity contribution in [1.82, 2.24) is 0 Å². The van der Waals surface area contributed by atoms with Crippen LogP contribution in [0.2, 0.25) is 0 Å². The van der Waals surface area contributed by atoms with Gasteiger partial charge < -0.3 is 10.1 Å². The van der Waals surface area contributed by atoms with Gasteiger partial charge >= 0.3 is 0 Å². The molecule has 0 aromatic heterocycles. The van der Waals surface area contributed by atoms with Gasteiger partial charge in [-0.05, 0) is 50.2 Å². The SMILES string of the molecule is COc1ccc(C(=O)Nc2ccc(C)cc2)c(NS(=O)(=O)c2ccc(C)cc2)c1. The molecule has 0 aliphatic rings. The molecule has 0 radical (unpaired) electrons. The maximum Gasteiger partial charge on any atom is 0.261 e. The number of hydrogen-bond acceptors (Lipinski definition) is 4. The van der Waals surface area contributed by atoms with Gasteiger partial charge in [-0.2, -0.15) is 0 Å². The molecule has 7 heteroatoms. The summed E-state index contributed by atoms with van der Waals surface area (Å²) in [5, 5.41) is 2.78. The van der Waals surface area contributed by atoms with E-state index < -0.39 is 15.9 Å². The molecule has 0 unspecified atom stereocenters. The van der Waals surface area contributed by atoms with Gasteiger partial charge in [0.1, 0.15) is 5.75 Å². The van der Waals surface area contributed by atoms with Gasteiger partial charge in [0.25, 0.3) is 15.9 Å². The van der Waals surface area contributed by atoms with E-state index in [1.807, 2.05) is 26.0 Å². The second-order valence-electron chi connectivity index (χ2n) is 6.65. The lowest BCUT2D eigenvalue weighted by Crippen LogP contribution is -2.18. The molecule has 29 heavy (non-hydrogen) atoms. The van der Waals surface area contributed by atoms with Crippen LogP contribution >= 0.6 is 0 Å². The van der Waals surface area contributed by atoms with E-state index in [9.17, 15) is 13.2 Å². The minimum absolute atomic E-state index is 0.107. The number of nitrogens with one attached hydrogen (secondary N) is 2. The summed E-state index contributed by atoms with van der Waals surface area (Å²) in [4.78, 5) is 12.9. The lowest BCUT2D eigenvalue weighted by Gasteiger charge is -2.14. The van der Waals surface area contributed by atoms with Crippen molar-refractivity contribution < 1.29 is 17.9 Å². The molecule has 6 nitrogen and oxygen atoms in total. The molecule has 0 saturated carbocycles. The van der Waals surface area contributed by atoms with E-state index in [0.29, 0.717) is 11.4 Å². The Morgan fingerprint density at radius 1 is 0.862 bits per heavy atom. The van der Waals surface area contributed by atoms with E-state index >= 15 is 0 Å². The Balaban J connectivity index is 1.93. The molecule has 0 atom stereocenters. The standard InChI is InChI=1S/C22H22N2O4S/c1-15-4-8-17(9-5-15)23-22(25)20-13-10-18(28-3)14-21(20)24-29(26,27)19-11-6-16(2)7-12-19/h4-14,24H,1-3H3,(H,23,25). The Bertz CT molecular complexity index is 1120. The average molecular weight is 410 g/mol. The van der Waals surface area contributed by atoms with E-state index in [2.05, 4.69) is 10.0 Å². The first-order valence-corrected chi connectivity index (χ1v) is 10.4. The second-order valence-corrected chi connectivity index (χ2v) is 8.33. The minimum Gasteiger partial charge on any atom is -0.497 e. The Morgan fingerprint density at radius 3 is 2.03 bits per heavy atom. The van der Waals surface area contributed by atoms with Gasteiger partial charge in [-0.1, -0.05) is 35.4 Å². The number of rotatable bonds is 6. The van der Waals surface area contributed by atoms with Crippen LogP contribution in [0.4, 0.5) is 11.4 Å². The molecule has 3 aromatic rings. The van der Waals surface area contributed by atoms with Gasteiger partial charge in [-0.15, -0.1) is 0 Å². The number of carbonyl (C=O) groups excluding carboxylic acids is 1. The third kappa shape index (κ3) is 4.94. The normalized spacial score (nSPS) is 11.0. The summed E-state index contributed by atoms with van der Waals surface area (Å²) in [5.74, 6) is -0.00314. The number of sulfonamides is 1. The van der Waals surface area contributed by atoms with Crippen molar-refractivity contribution in [2.45, 2.75) is 18.7 Å². The van der Waals surface area contributed by atoms with Gasteiger partial charge in [0.15, 0.2) is 0 Å². The summed E-state index contributed by atoms with van der Waals surface area (Å²) < 4.78 is 33.3. The summed E-state index contributed by atoms with van der Waals surface area (Å²) in [7, 11) is -2.40. The van der Waals surface area contributed by atoms with E-state index in [4.69, 9.17) is 4.74 Å². The quantitative estimate of drug-likeness (QED) is 0.632. The van der Waals surface area contributed by atoms with Gasteiger partial charge in [0.05, 0.1) is 23.3 Å². The predicted octanol–water partition coefficient (Wildman–Crippen LogP) is 4.37. The summed E-state index contributed by atoms with van der Waals surface area (Å²) in [6.45, 7) is 3.83. The van der Waals surface area contributed by atoms with Crippen LogP contribution in [-0.4, -0.2) is 21.4 Å². The van der Waals surface area contributed by atoms with Gasteiger partial charge in [0.2, 0.25) is 0 Å². The average Bonchev–Trinajstić information content (AvgIpc) is 2.69. The lowest BCUT2D eigenvalue weighted by molar-refractivity contribution is 0.102. The van der Waals surface area contributed by atoms with Crippen LogP contribution in [0.25, 0.3) is 0 Å². The molecule has 0 aliphatic heterocycles. The molecule has 0 aliphatic carbocycles. The number of methoxy groups -OCH3 is 1. The van der Waals surface area contributed by atoms with Gasteiger partial charge in [-0.25, -0.2) is 8.42 Å². The lowest BCUT2D eigenvalue weighted by atomic mass is 10.1. The molecule has 0 fully saturated rings. The number of ether oxygens (including phenoxy) is 1. The molecule has 3 aromatic carbocycles. The predicted molar refractivity (Wildman–Crippen MR) is 114 cm³/mol. The van der Waals surface area contributed by atoms with Crippen molar-refractivity contribution in [3.8, 4) is 5.75 Å². The first kappa shape index (κ1) is 20.4. The monoisotopic (exact) mass is 410 g/mol. The van der Waals surface area contributed by atoms with Crippen LogP contribution in [0.3, 0.4) is 0 Å². The topological polar surface area (TPSA) is 84.5 Å². The van der Waals surface area contributed by atoms with Crippen LogP contribution in [-0.2, 0) is 10.0 Å². The number of carbonyl (C=O) groups is 1. The summed E-state index contributed by atoms with van der Waals surface area (Å²) >= 11 is 0. The third-order valence-electron chi connectivity index (χ3n) is 4.36. The summed E-state index contributed by atoms with van der Waals surface area (Å²) in [5.41, 5.74) is 2.95. The molecular weight excluding hydrogens is 388 g/mol. The van der Waals surface area contributed by atoms with Crippen molar-refractivity contribution in [3.63, 3.8) is 0 Å². The smallest absolute Gasteiger partial charge is 0.261 e. The number of anilines is 2.